The van der Waals surface area contributed by atoms with Gasteiger partial charge in [-0.3, -0.25) is 4.79 Å². The normalized spacial score (nSPS) is 44.1. The first-order valence-corrected chi connectivity index (χ1v) is 4.66. The monoisotopic (exact) mass is 237 g/mol. The van der Waals surface area contributed by atoms with Crippen LogP contribution in [0.5, 0.6) is 0 Å². The maximum atomic E-state index is 10.8. The van der Waals surface area contributed by atoms with Gasteiger partial charge in [-0.2, -0.15) is 0 Å². The van der Waals surface area contributed by atoms with E-state index in [-0.39, 0.29) is 0 Å². The third-order valence-electron chi connectivity index (χ3n) is 2.32. The average molecular weight is 237 g/mol. The maximum Gasteiger partial charge on any atom is 0.279 e. The molecule has 0 bridgehead atoms. The lowest BCUT2D eigenvalue weighted by molar-refractivity contribution is -0.358. The zero-order valence-electron chi connectivity index (χ0n) is 8.57. The standard InChI is InChI=1S/C8H15NO7/c1-3(11)9-8(15)7(14)6(13)5(12)4(2-10)16-8/h4-7,10,12-15H,2H2,1H3,(H,9,11)/t4-,5-,6+,7-,8+/m1/s1. The number of ether oxygens (including phenoxy) is 1. The van der Waals surface area contributed by atoms with E-state index in [0.29, 0.717) is 0 Å². The highest BCUT2D eigenvalue weighted by Crippen LogP contribution is 2.26. The summed E-state index contributed by atoms with van der Waals surface area (Å²) >= 11 is 0. The minimum atomic E-state index is -2.53. The molecule has 16 heavy (non-hydrogen) atoms. The molecule has 1 heterocycles. The lowest BCUT2D eigenvalue weighted by Gasteiger charge is -2.44. The van der Waals surface area contributed by atoms with Crippen LogP contribution in [0.4, 0.5) is 0 Å². The van der Waals surface area contributed by atoms with Gasteiger partial charge < -0.3 is 35.6 Å². The van der Waals surface area contributed by atoms with Gasteiger partial charge in [0, 0.05) is 6.92 Å². The SMILES string of the molecule is CC(=O)N[C@@]1(O)O[C@H](CO)[C@@H](O)[C@H](O)[C@H]1O. The highest BCUT2D eigenvalue weighted by Gasteiger charge is 2.53. The lowest BCUT2D eigenvalue weighted by atomic mass is 9.96. The molecule has 0 unspecified atom stereocenters. The zero-order valence-corrected chi connectivity index (χ0v) is 8.57. The summed E-state index contributed by atoms with van der Waals surface area (Å²) < 4.78 is 4.74. The van der Waals surface area contributed by atoms with Gasteiger partial charge >= 0.3 is 0 Å². The number of amides is 1. The fourth-order valence-corrected chi connectivity index (χ4v) is 1.51. The van der Waals surface area contributed by atoms with Crippen LogP contribution in [0.1, 0.15) is 6.92 Å². The van der Waals surface area contributed by atoms with Crippen molar-refractivity contribution in [3.63, 3.8) is 0 Å². The Morgan fingerprint density at radius 2 is 1.94 bits per heavy atom. The Kier molecular flexibility index (Phi) is 3.84. The molecule has 8 nitrogen and oxygen atoms in total. The summed E-state index contributed by atoms with van der Waals surface area (Å²) in [6.45, 7) is 0.381. The van der Waals surface area contributed by atoms with Crippen molar-refractivity contribution in [1.29, 1.82) is 0 Å². The molecule has 1 saturated heterocycles. The van der Waals surface area contributed by atoms with E-state index in [0.717, 1.165) is 6.92 Å². The van der Waals surface area contributed by atoms with Crippen LogP contribution in [-0.2, 0) is 9.53 Å². The first-order valence-electron chi connectivity index (χ1n) is 4.66. The van der Waals surface area contributed by atoms with E-state index in [1.807, 2.05) is 5.32 Å². The summed E-state index contributed by atoms with van der Waals surface area (Å²) in [5.41, 5.74) is 0. The summed E-state index contributed by atoms with van der Waals surface area (Å²) in [5, 5.41) is 48.6. The minimum absolute atomic E-state index is 0.688. The molecular formula is C8H15NO7. The quantitative estimate of drug-likeness (QED) is 0.271. The topological polar surface area (TPSA) is 139 Å². The van der Waals surface area contributed by atoms with Crippen LogP contribution in [0.15, 0.2) is 0 Å². The predicted octanol–water partition coefficient (Wildman–Crippen LogP) is -3.76. The largest absolute Gasteiger partial charge is 0.394 e. The summed E-state index contributed by atoms with van der Waals surface area (Å²) in [6.07, 6.45) is -6.54. The van der Waals surface area contributed by atoms with Gasteiger partial charge in [0.15, 0.2) is 6.10 Å². The molecule has 0 radical (unpaired) electrons. The Hall–Kier alpha value is -0.770. The first-order chi connectivity index (χ1) is 7.31. The van der Waals surface area contributed by atoms with Crippen molar-refractivity contribution in [2.45, 2.75) is 37.3 Å². The molecule has 5 atom stereocenters. The van der Waals surface area contributed by atoms with Crippen LogP contribution < -0.4 is 5.32 Å². The Balaban J connectivity index is 2.89. The van der Waals surface area contributed by atoms with Gasteiger partial charge in [-0.1, -0.05) is 0 Å². The number of aliphatic hydroxyl groups is 5. The third-order valence-corrected chi connectivity index (χ3v) is 2.32. The van der Waals surface area contributed by atoms with Gasteiger partial charge in [0.1, 0.15) is 18.3 Å². The number of carbonyl (C=O) groups excluding carboxylic acids is 1. The fraction of sp³-hybridized carbons (Fsp3) is 0.875. The summed E-state index contributed by atoms with van der Waals surface area (Å²) in [7, 11) is 0. The van der Waals surface area contributed by atoms with Crippen LogP contribution in [0.3, 0.4) is 0 Å². The maximum absolute atomic E-state index is 10.8. The smallest absolute Gasteiger partial charge is 0.279 e. The van der Waals surface area contributed by atoms with Gasteiger partial charge in [-0.25, -0.2) is 0 Å². The number of hydrogen-bond donors (Lipinski definition) is 6. The second kappa shape index (κ2) is 4.62. The van der Waals surface area contributed by atoms with Gasteiger partial charge in [-0.15, -0.1) is 0 Å². The molecule has 1 aliphatic heterocycles. The number of aliphatic hydroxyl groups excluding tert-OH is 4. The summed E-state index contributed by atoms with van der Waals surface area (Å²) in [5.74, 6) is -3.24. The number of hydrogen-bond acceptors (Lipinski definition) is 7. The van der Waals surface area contributed by atoms with E-state index in [2.05, 4.69) is 0 Å². The highest BCUT2D eigenvalue weighted by atomic mass is 16.7. The molecule has 8 heteroatoms. The molecule has 0 aromatic rings. The van der Waals surface area contributed by atoms with Crippen molar-refractivity contribution < 1.29 is 35.1 Å². The van der Waals surface area contributed by atoms with E-state index < -0.39 is 42.8 Å². The molecule has 0 spiro atoms. The van der Waals surface area contributed by atoms with Crippen molar-refractivity contribution >= 4 is 5.91 Å². The molecule has 1 rings (SSSR count). The average Bonchev–Trinajstić information content (AvgIpc) is 2.20. The molecule has 1 fully saturated rings. The Morgan fingerprint density at radius 3 is 2.38 bits per heavy atom. The summed E-state index contributed by atoms with van der Waals surface area (Å²) in [6, 6.07) is 0. The highest BCUT2D eigenvalue weighted by molar-refractivity contribution is 5.73. The van der Waals surface area contributed by atoms with Crippen molar-refractivity contribution in [3.05, 3.63) is 0 Å². The third kappa shape index (κ3) is 2.32. The van der Waals surface area contributed by atoms with Crippen molar-refractivity contribution in [2.24, 2.45) is 0 Å². The van der Waals surface area contributed by atoms with E-state index in [9.17, 15) is 25.2 Å². The van der Waals surface area contributed by atoms with Gasteiger partial charge in [0.05, 0.1) is 6.61 Å². The molecule has 1 amide bonds. The van der Waals surface area contributed by atoms with Crippen LogP contribution >= 0.6 is 0 Å². The van der Waals surface area contributed by atoms with Gasteiger partial charge in [-0.05, 0) is 0 Å². The van der Waals surface area contributed by atoms with Crippen LogP contribution in [-0.4, -0.2) is 68.4 Å². The minimum Gasteiger partial charge on any atom is -0.394 e. The number of carbonyl (C=O) groups is 1. The Bertz CT molecular complexity index is 271. The first kappa shape index (κ1) is 13.3. The molecule has 0 aromatic carbocycles. The second-order valence-electron chi connectivity index (χ2n) is 3.64. The number of rotatable bonds is 2. The molecule has 0 saturated carbocycles. The molecule has 94 valence electrons. The lowest BCUT2D eigenvalue weighted by Crippen LogP contribution is -2.71. The van der Waals surface area contributed by atoms with Crippen molar-refractivity contribution in [1.82, 2.24) is 5.32 Å². The molecule has 6 N–H and O–H groups in total. The molecule has 0 aromatic heterocycles. The second-order valence-corrected chi connectivity index (χ2v) is 3.64. The van der Waals surface area contributed by atoms with Crippen LogP contribution in [0, 0.1) is 0 Å². The fourth-order valence-electron chi connectivity index (χ4n) is 1.51. The van der Waals surface area contributed by atoms with E-state index >= 15 is 0 Å². The van der Waals surface area contributed by atoms with E-state index in [1.165, 1.54) is 0 Å². The molecule has 0 aliphatic carbocycles. The Morgan fingerprint density at radius 1 is 1.38 bits per heavy atom. The van der Waals surface area contributed by atoms with E-state index in [1.54, 1.807) is 0 Å². The molecule has 1 aliphatic rings. The van der Waals surface area contributed by atoms with Crippen LogP contribution in [0.2, 0.25) is 0 Å². The van der Waals surface area contributed by atoms with E-state index in [4.69, 9.17) is 9.84 Å². The number of nitrogens with one attached hydrogen (secondary N) is 1. The van der Waals surface area contributed by atoms with Crippen molar-refractivity contribution in [3.8, 4) is 0 Å². The van der Waals surface area contributed by atoms with Gasteiger partial charge in [0.2, 0.25) is 5.91 Å². The van der Waals surface area contributed by atoms with Gasteiger partial charge in [0.25, 0.3) is 5.91 Å². The predicted molar refractivity (Wildman–Crippen MR) is 48.7 cm³/mol. The molecular weight excluding hydrogens is 222 g/mol. The summed E-state index contributed by atoms with van der Waals surface area (Å²) in [4.78, 5) is 10.8. The van der Waals surface area contributed by atoms with Crippen LogP contribution in [0.25, 0.3) is 0 Å². The zero-order chi connectivity index (χ0) is 12.5. The van der Waals surface area contributed by atoms with Crippen molar-refractivity contribution in [2.75, 3.05) is 6.61 Å². The Labute approximate surface area is 91.1 Å².